The molecule has 0 aliphatic rings. The van der Waals surface area contributed by atoms with Gasteiger partial charge in [-0.15, -0.1) is 0 Å². The number of aliphatic carboxylic acids is 3. The topological polar surface area (TPSA) is 136 Å². The van der Waals surface area contributed by atoms with Crippen molar-refractivity contribution < 1.29 is 51.4 Å². The van der Waals surface area contributed by atoms with Crippen LogP contribution in [0.4, 0.5) is 0 Å². The Morgan fingerprint density at radius 3 is 0.875 bits per heavy atom. The Morgan fingerprint density at radius 1 is 0.875 bits per heavy atom. The van der Waals surface area contributed by atoms with Gasteiger partial charge in [0.1, 0.15) is 0 Å². The summed E-state index contributed by atoms with van der Waals surface area (Å²) < 4.78 is 0. The first kappa shape index (κ1) is 29.4. The van der Waals surface area contributed by atoms with E-state index in [1.807, 2.05) is 0 Å². The summed E-state index contributed by atoms with van der Waals surface area (Å²) in [5, 5.41) is 22.2. The number of hydrogen-bond donors (Lipinski definition) is 3. The Hall–Kier alpha value is -0.916. The van der Waals surface area contributed by atoms with Gasteiger partial charge in [-0.1, -0.05) is 6.92 Å². The molecule has 0 aromatic rings. The third-order valence-electron chi connectivity index (χ3n) is 0. The van der Waals surface area contributed by atoms with Crippen LogP contribution in [0.1, 0.15) is 27.7 Å². The molecule has 0 rings (SSSR count). The van der Waals surface area contributed by atoms with Crippen molar-refractivity contribution in [3.63, 3.8) is 0 Å². The third-order valence-corrected chi connectivity index (χ3v) is 0. The Labute approximate surface area is 110 Å². The van der Waals surface area contributed by atoms with E-state index < -0.39 is 17.9 Å². The minimum atomic E-state index is -0.833. The standard InChI is InChI=1S/C2H6N.3C2H4O2.Ti/c1-2-3;3*1-2(3)4;/h3H,2H2,1H3;3*1H3,(H,3,4);/q-1;;;;. The smallest absolute Gasteiger partial charge is 0.300 e. The van der Waals surface area contributed by atoms with Crippen LogP contribution in [0.3, 0.4) is 0 Å². The van der Waals surface area contributed by atoms with Crippen LogP contribution in [-0.4, -0.2) is 39.8 Å². The van der Waals surface area contributed by atoms with Gasteiger partial charge in [0.15, 0.2) is 0 Å². The molecule has 16 heavy (non-hydrogen) atoms. The summed E-state index contributed by atoms with van der Waals surface area (Å²) >= 11 is 0. The average Bonchev–Trinajstić information content (AvgIpc) is 1.81. The quantitative estimate of drug-likeness (QED) is 0.569. The van der Waals surface area contributed by atoms with E-state index in [0.717, 1.165) is 20.8 Å². The van der Waals surface area contributed by atoms with E-state index in [1.165, 1.54) is 0 Å². The zero-order valence-electron chi connectivity index (χ0n) is 9.77. The molecule has 8 heteroatoms. The number of carboxylic acid groups (broad SMARTS) is 3. The number of carboxylic acids is 3. The Kier molecular flexibility index (Phi) is 53.7. The number of hydrogen-bond acceptors (Lipinski definition) is 3. The first-order valence-corrected chi connectivity index (χ1v) is 3.84. The molecule has 0 aliphatic carbocycles. The molecule has 0 saturated carbocycles. The van der Waals surface area contributed by atoms with Gasteiger partial charge in [0, 0.05) is 42.5 Å². The van der Waals surface area contributed by atoms with Gasteiger partial charge in [-0.05, 0) is 0 Å². The Morgan fingerprint density at radius 2 is 0.875 bits per heavy atom. The molecule has 96 valence electrons. The zero-order chi connectivity index (χ0) is 13.4. The molecule has 0 aromatic heterocycles. The fourth-order valence-corrected chi connectivity index (χ4v) is 0. The van der Waals surface area contributed by atoms with Crippen LogP contribution in [0.15, 0.2) is 0 Å². The fourth-order valence-electron chi connectivity index (χ4n) is 0. The van der Waals surface area contributed by atoms with Crippen LogP contribution in [0.25, 0.3) is 5.73 Å². The second-order valence-corrected chi connectivity index (χ2v) is 1.91. The van der Waals surface area contributed by atoms with Crippen molar-refractivity contribution >= 4 is 17.9 Å². The van der Waals surface area contributed by atoms with Crippen molar-refractivity contribution in [1.82, 2.24) is 0 Å². The van der Waals surface area contributed by atoms with E-state index in [4.69, 9.17) is 35.4 Å². The second kappa shape index (κ2) is 29.2. The van der Waals surface area contributed by atoms with Gasteiger partial charge < -0.3 is 21.1 Å². The molecule has 0 unspecified atom stereocenters. The Balaban J connectivity index is -0.0000000331. The largest absolute Gasteiger partial charge is 0.678 e. The van der Waals surface area contributed by atoms with Gasteiger partial charge in [-0.25, -0.2) is 0 Å². The van der Waals surface area contributed by atoms with E-state index in [-0.39, 0.29) is 21.7 Å². The van der Waals surface area contributed by atoms with Crippen molar-refractivity contribution in [2.45, 2.75) is 27.7 Å². The molecule has 0 aliphatic heterocycles. The average molecular weight is 272 g/mol. The summed E-state index contributed by atoms with van der Waals surface area (Å²) in [4.78, 5) is 27.0. The van der Waals surface area contributed by atoms with Crippen molar-refractivity contribution in [3.8, 4) is 0 Å². The van der Waals surface area contributed by atoms with Gasteiger partial charge in [0.25, 0.3) is 17.9 Å². The predicted molar refractivity (Wildman–Crippen MR) is 54.8 cm³/mol. The van der Waals surface area contributed by atoms with Gasteiger partial charge in [-0.2, -0.15) is 6.54 Å². The fraction of sp³-hybridized carbons (Fsp3) is 0.625. The Bertz CT molecular complexity index is 133. The van der Waals surface area contributed by atoms with E-state index in [2.05, 4.69) is 0 Å². The summed E-state index contributed by atoms with van der Waals surface area (Å²) in [6.07, 6.45) is 0. The number of rotatable bonds is 0. The van der Waals surface area contributed by atoms with Crippen molar-refractivity contribution in [2.24, 2.45) is 0 Å². The third kappa shape index (κ3) is 2280. The van der Waals surface area contributed by atoms with Gasteiger partial charge in [0.05, 0.1) is 0 Å². The molecule has 0 amide bonds. The molecule has 0 radical (unpaired) electrons. The molecule has 0 bridgehead atoms. The molecule has 0 spiro atoms. The summed E-state index contributed by atoms with van der Waals surface area (Å²) in [6.45, 7) is 5.54. The van der Waals surface area contributed by atoms with E-state index >= 15 is 0 Å². The van der Waals surface area contributed by atoms with Crippen LogP contribution >= 0.6 is 0 Å². The summed E-state index contributed by atoms with van der Waals surface area (Å²) in [5.41, 5.74) is 6.21. The minimum Gasteiger partial charge on any atom is -0.678 e. The molecular formula is C8H18NO6Ti-. The normalized spacial score (nSPS) is 5.81. The van der Waals surface area contributed by atoms with Crippen LogP contribution < -0.4 is 0 Å². The summed E-state index contributed by atoms with van der Waals surface area (Å²) in [6, 6.07) is 0. The minimum absolute atomic E-state index is 0. The van der Waals surface area contributed by atoms with Gasteiger partial charge in [-0.3, -0.25) is 14.4 Å². The number of nitrogens with one attached hydrogen (secondary N) is 1. The van der Waals surface area contributed by atoms with E-state index in [0.29, 0.717) is 6.54 Å². The first-order chi connectivity index (χ1) is 6.61. The number of carbonyl (C=O) groups is 3. The second-order valence-electron chi connectivity index (χ2n) is 1.91. The summed E-state index contributed by atoms with van der Waals surface area (Å²) in [5.74, 6) is -2.50. The summed E-state index contributed by atoms with van der Waals surface area (Å²) in [7, 11) is 0. The molecule has 0 saturated heterocycles. The van der Waals surface area contributed by atoms with Crippen molar-refractivity contribution in [3.05, 3.63) is 5.73 Å². The molecular weight excluding hydrogens is 254 g/mol. The first-order valence-electron chi connectivity index (χ1n) is 3.84. The molecule has 0 heterocycles. The molecule has 7 nitrogen and oxygen atoms in total. The molecule has 4 N–H and O–H groups in total. The monoisotopic (exact) mass is 272 g/mol. The van der Waals surface area contributed by atoms with Gasteiger partial charge in [0.2, 0.25) is 0 Å². The van der Waals surface area contributed by atoms with Crippen molar-refractivity contribution in [1.29, 1.82) is 0 Å². The molecule has 0 atom stereocenters. The maximum Gasteiger partial charge on any atom is 0.300 e. The maximum absolute atomic E-state index is 9.00. The molecule has 0 fully saturated rings. The SMILES string of the molecule is CC(=O)O.CC(=O)O.CC(=O)O.CC[NH-].[Ti]. The van der Waals surface area contributed by atoms with Crippen LogP contribution in [0.5, 0.6) is 0 Å². The zero-order valence-corrected chi connectivity index (χ0v) is 11.3. The van der Waals surface area contributed by atoms with Crippen LogP contribution in [0, 0.1) is 0 Å². The predicted octanol–water partition coefficient (Wildman–Crippen LogP) is 1.33. The van der Waals surface area contributed by atoms with Crippen LogP contribution in [0.2, 0.25) is 0 Å². The van der Waals surface area contributed by atoms with Crippen LogP contribution in [-0.2, 0) is 36.1 Å². The van der Waals surface area contributed by atoms with E-state index in [1.54, 1.807) is 6.92 Å². The van der Waals surface area contributed by atoms with E-state index in [9.17, 15) is 0 Å². The van der Waals surface area contributed by atoms with Gasteiger partial charge >= 0.3 is 0 Å². The molecule has 0 aromatic carbocycles. The van der Waals surface area contributed by atoms with Crippen molar-refractivity contribution in [2.75, 3.05) is 6.54 Å². The maximum atomic E-state index is 9.00.